The number of carbonyl (C=O) groups is 1. The SMILES string of the molecule is O=C(Nc1ncnc2c1ncn2[C@H]1C[C@H](O)[C@@H](COP(=O)(O)O)O1)c1ccccc1. The Morgan fingerprint density at radius 2 is 2.03 bits per heavy atom. The number of fused-ring (bicyclic) bond motifs is 1. The van der Waals surface area contributed by atoms with E-state index in [0.717, 1.165) is 0 Å². The van der Waals surface area contributed by atoms with E-state index in [1.807, 2.05) is 0 Å². The Kier molecular flexibility index (Phi) is 5.60. The number of ether oxygens (including phenoxy) is 1. The number of anilines is 1. The zero-order valence-corrected chi connectivity index (χ0v) is 16.3. The van der Waals surface area contributed by atoms with Crippen LogP contribution in [0.25, 0.3) is 11.2 Å². The summed E-state index contributed by atoms with van der Waals surface area (Å²) < 4.78 is 22.5. The number of imidazole rings is 1. The Bertz CT molecular complexity index is 1100. The van der Waals surface area contributed by atoms with E-state index in [0.29, 0.717) is 16.7 Å². The first-order chi connectivity index (χ1) is 14.3. The van der Waals surface area contributed by atoms with Crippen LogP contribution in [0.5, 0.6) is 0 Å². The van der Waals surface area contributed by atoms with E-state index in [4.69, 9.17) is 14.5 Å². The van der Waals surface area contributed by atoms with Crippen LogP contribution in [0.1, 0.15) is 23.0 Å². The molecule has 1 aliphatic rings. The molecule has 0 spiro atoms. The summed E-state index contributed by atoms with van der Waals surface area (Å²) in [6, 6.07) is 8.62. The number of carbonyl (C=O) groups excluding carboxylic acids is 1. The molecule has 0 aliphatic carbocycles. The van der Waals surface area contributed by atoms with Crippen LogP contribution in [-0.4, -0.2) is 59.1 Å². The molecule has 0 bridgehead atoms. The molecule has 158 valence electrons. The second kappa shape index (κ2) is 8.19. The van der Waals surface area contributed by atoms with E-state index in [-0.39, 0.29) is 18.1 Å². The Hall–Kier alpha value is -2.73. The van der Waals surface area contributed by atoms with E-state index in [1.165, 1.54) is 12.7 Å². The first-order valence-electron chi connectivity index (χ1n) is 8.89. The summed E-state index contributed by atoms with van der Waals surface area (Å²) in [5, 5.41) is 12.8. The molecule has 4 rings (SSSR count). The van der Waals surface area contributed by atoms with Gasteiger partial charge in [-0.2, -0.15) is 0 Å². The molecule has 1 aromatic carbocycles. The molecule has 4 N–H and O–H groups in total. The summed E-state index contributed by atoms with van der Waals surface area (Å²) >= 11 is 0. The highest BCUT2D eigenvalue weighted by Gasteiger charge is 2.37. The van der Waals surface area contributed by atoms with Crippen molar-refractivity contribution in [3.63, 3.8) is 0 Å². The van der Waals surface area contributed by atoms with Crippen molar-refractivity contribution in [2.75, 3.05) is 11.9 Å². The van der Waals surface area contributed by atoms with Gasteiger partial charge in [0.2, 0.25) is 0 Å². The van der Waals surface area contributed by atoms with Crippen LogP contribution in [0, 0.1) is 0 Å². The topological polar surface area (TPSA) is 169 Å². The van der Waals surface area contributed by atoms with E-state index < -0.39 is 32.9 Å². The fraction of sp³-hybridized carbons (Fsp3) is 0.294. The highest BCUT2D eigenvalue weighted by atomic mass is 31.2. The van der Waals surface area contributed by atoms with Crippen molar-refractivity contribution in [2.45, 2.75) is 24.9 Å². The Morgan fingerprint density at radius 1 is 1.27 bits per heavy atom. The highest BCUT2D eigenvalue weighted by molar-refractivity contribution is 7.46. The molecule has 1 saturated heterocycles. The van der Waals surface area contributed by atoms with Crippen molar-refractivity contribution in [1.29, 1.82) is 0 Å². The lowest BCUT2D eigenvalue weighted by Gasteiger charge is -2.16. The van der Waals surface area contributed by atoms with Gasteiger partial charge >= 0.3 is 7.82 Å². The van der Waals surface area contributed by atoms with Gasteiger partial charge in [-0.1, -0.05) is 18.2 Å². The Balaban J connectivity index is 1.54. The monoisotopic (exact) mass is 435 g/mol. The number of rotatable bonds is 6. The standard InChI is InChI=1S/C17H18N5O7P/c23-11-6-13(29-12(11)7-28-30(25,26)27)22-9-20-14-15(18-8-19-16(14)22)21-17(24)10-4-2-1-3-5-10/h1-5,8-9,11-13,23H,6-7H2,(H2,25,26,27)(H,18,19,21,24)/t11-,12+,13+/m0/s1. The number of aliphatic hydroxyl groups excluding tert-OH is 1. The average molecular weight is 435 g/mol. The molecule has 3 aromatic rings. The van der Waals surface area contributed by atoms with Gasteiger partial charge in [0.1, 0.15) is 18.7 Å². The number of benzene rings is 1. The number of hydrogen-bond donors (Lipinski definition) is 4. The minimum atomic E-state index is -4.68. The van der Waals surface area contributed by atoms with Crippen molar-refractivity contribution in [1.82, 2.24) is 19.5 Å². The second-order valence-electron chi connectivity index (χ2n) is 6.59. The minimum Gasteiger partial charge on any atom is -0.390 e. The summed E-state index contributed by atoms with van der Waals surface area (Å²) in [6.07, 6.45) is 0.207. The van der Waals surface area contributed by atoms with Gasteiger partial charge in [0.25, 0.3) is 5.91 Å². The fourth-order valence-electron chi connectivity index (χ4n) is 3.13. The molecule has 12 nitrogen and oxygen atoms in total. The molecule has 3 heterocycles. The van der Waals surface area contributed by atoms with E-state index >= 15 is 0 Å². The summed E-state index contributed by atoms with van der Waals surface area (Å²) in [5.74, 6) is -0.139. The van der Waals surface area contributed by atoms with Crippen molar-refractivity contribution >= 4 is 30.7 Å². The largest absolute Gasteiger partial charge is 0.469 e. The predicted molar refractivity (Wildman–Crippen MR) is 102 cm³/mol. The van der Waals surface area contributed by atoms with Crippen molar-refractivity contribution in [3.8, 4) is 0 Å². The molecule has 13 heteroatoms. The maximum atomic E-state index is 12.4. The number of aromatic nitrogens is 4. The molecule has 0 radical (unpaired) electrons. The zero-order valence-electron chi connectivity index (χ0n) is 15.4. The van der Waals surface area contributed by atoms with Gasteiger partial charge < -0.3 is 24.9 Å². The second-order valence-corrected chi connectivity index (χ2v) is 7.82. The quantitative estimate of drug-likeness (QED) is 0.407. The summed E-state index contributed by atoms with van der Waals surface area (Å²) in [5.41, 5.74) is 1.15. The molecule has 1 fully saturated rings. The molecule has 30 heavy (non-hydrogen) atoms. The van der Waals surface area contributed by atoms with Gasteiger partial charge in [-0.15, -0.1) is 0 Å². The number of aliphatic hydroxyl groups is 1. The average Bonchev–Trinajstić information content (AvgIpc) is 3.30. The first-order valence-corrected chi connectivity index (χ1v) is 10.4. The van der Waals surface area contributed by atoms with E-state index in [2.05, 4.69) is 24.8 Å². The van der Waals surface area contributed by atoms with Gasteiger partial charge in [0, 0.05) is 12.0 Å². The lowest BCUT2D eigenvalue weighted by molar-refractivity contribution is -0.0424. The van der Waals surface area contributed by atoms with Crippen LogP contribution >= 0.6 is 7.82 Å². The number of amides is 1. The van der Waals surface area contributed by atoms with Crippen LogP contribution in [0.15, 0.2) is 43.0 Å². The first kappa shape index (κ1) is 20.5. The van der Waals surface area contributed by atoms with Crippen LogP contribution in [0.2, 0.25) is 0 Å². The normalized spacial score (nSPS) is 21.8. The fourth-order valence-corrected chi connectivity index (χ4v) is 3.47. The third-order valence-electron chi connectivity index (χ3n) is 4.55. The van der Waals surface area contributed by atoms with Crippen LogP contribution in [-0.2, 0) is 13.8 Å². The number of nitrogens with zero attached hydrogens (tertiary/aromatic N) is 4. The van der Waals surface area contributed by atoms with Crippen LogP contribution in [0.3, 0.4) is 0 Å². The molecule has 0 unspecified atom stereocenters. The Labute approximate surface area is 169 Å². The van der Waals surface area contributed by atoms with Crippen molar-refractivity contribution in [2.24, 2.45) is 0 Å². The number of nitrogens with one attached hydrogen (secondary N) is 1. The lowest BCUT2D eigenvalue weighted by atomic mass is 10.2. The van der Waals surface area contributed by atoms with Gasteiger partial charge in [0.15, 0.2) is 17.0 Å². The molecule has 3 atom stereocenters. The zero-order chi connectivity index (χ0) is 21.3. The maximum Gasteiger partial charge on any atom is 0.469 e. The van der Waals surface area contributed by atoms with Crippen molar-refractivity contribution < 1.29 is 33.5 Å². The summed E-state index contributed by atoms with van der Waals surface area (Å²) in [6.45, 7) is -0.470. The van der Waals surface area contributed by atoms with Crippen LogP contribution < -0.4 is 5.32 Å². The third kappa shape index (κ3) is 4.38. The van der Waals surface area contributed by atoms with Gasteiger partial charge in [-0.3, -0.25) is 13.9 Å². The lowest BCUT2D eigenvalue weighted by Crippen LogP contribution is -2.25. The third-order valence-corrected chi connectivity index (χ3v) is 5.03. The summed E-state index contributed by atoms with van der Waals surface area (Å²) in [7, 11) is -4.68. The predicted octanol–water partition coefficient (Wildman–Crippen LogP) is 0.836. The van der Waals surface area contributed by atoms with Crippen molar-refractivity contribution in [3.05, 3.63) is 48.5 Å². The molecular formula is C17H18N5O7P. The molecular weight excluding hydrogens is 417 g/mol. The smallest absolute Gasteiger partial charge is 0.390 e. The van der Waals surface area contributed by atoms with Crippen LogP contribution in [0.4, 0.5) is 5.82 Å². The molecule has 1 aliphatic heterocycles. The molecule has 0 saturated carbocycles. The highest BCUT2D eigenvalue weighted by Crippen LogP contribution is 2.38. The van der Waals surface area contributed by atoms with Gasteiger partial charge in [0.05, 0.1) is 19.0 Å². The Morgan fingerprint density at radius 3 is 2.77 bits per heavy atom. The van der Waals surface area contributed by atoms with Gasteiger partial charge in [-0.05, 0) is 12.1 Å². The number of phosphoric ester groups is 1. The molecule has 1 amide bonds. The summed E-state index contributed by atoms with van der Waals surface area (Å²) in [4.78, 5) is 42.6. The number of hydrogen-bond acceptors (Lipinski definition) is 8. The number of phosphoric acid groups is 1. The minimum absolute atomic E-state index is 0.135. The maximum absolute atomic E-state index is 12.4. The van der Waals surface area contributed by atoms with E-state index in [9.17, 15) is 14.5 Å². The van der Waals surface area contributed by atoms with E-state index in [1.54, 1.807) is 34.9 Å². The van der Waals surface area contributed by atoms with Gasteiger partial charge in [-0.25, -0.2) is 19.5 Å². The molecule has 2 aromatic heterocycles.